The van der Waals surface area contributed by atoms with Crippen LogP contribution in [0.25, 0.3) is 0 Å². The number of halogens is 1. The van der Waals surface area contributed by atoms with E-state index in [1.807, 2.05) is 32.9 Å². The maximum atomic E-state index is 14.5. The Hall–Kier alpha value is -2.02. The van der Waals surface area contributed by atoms with Crippen LogP contribution in [0.1, 0.15) is 52.9 Å². The number of amides is 1. The zero-order valence-electron chi connectivity index (χ0n) is 19.5. The third kappa shape index (κ3) is 6.99. The minimum Gasteiger partial charge on any atom is -0.494 e. The van der Waals surface area contributed by atoms with Crippen molar-refractivity contribution in [3.8, 4) is 5.75 Å². The monoisotopic (exact) mass is 435 g/mol. The molecule has 0 unspecified atom stereocenters. The van der Waals surface area contributed by atoms with Crippen molar-refractivity contribution in [1.82, 2.24) is 10.2 Å². The number of rotatable bonds is 6. The zero-order chi connectivity index (χ0) is 22.4. The maximum Gasteiger partial charge on any atom is 0.407 e. The molecule has 0 aromatic heterocycles. The number of alkyl carbamates (subject to hydrolysis) is 1. The van der Waals surface area contributed by atoms with E-state index in [1.54, 1.807) is 6.07 Å². The maximum absolute atomic E-state index is 14.5. The lowest BCUT2D eigenvalue weighted by atomic mass is 9.84. The largest absolute Gasteiger partial charge is 0.494 e. The summed E-state index contributed by atoms with van der Waals surface area (Å²) >= 11 is 0. The van der Waals surface area contributed by atoms with Gasteiger partial charge in [0.1, 0.15) is 5.60 Å². The van der Waals surface area contributed by atoms with Crippen LogP contribution in [0.2, 0.25) is 0 Å². The van der Waals surface area contributed by atoms with Gasteiger partial charge in [-0.15, -0.1) is 0 Å². The number of nitrogens with zero attached hydrogens (tertiary/aromatic N) is 2. The molecule has 0 atom stereocenters. The number of benzene rings is 1. The molecule has 1 saturated carbocycles. The summed E-state index contributed by atoms with van der Waals surface area (Å²) < 4.78 is 25.0. The molecule has 2 aliphatic rings. The first-order chi connectivity index (χ1) is 14.7. The lowest BCUT2D eigenvalue weighted by Gasteiger charge is -2.37. The average Bonchev–Trinajstić information content (AvgIpc) is 2.72. The Kier molecular flexibility index (Phi) is 8.03. The van der Waals surface area contributed by atoms with Crippen LogP contribution in [-0.2, 0) is 4.74 Å². The molecule has 31 heavy (non-hydrogen) atoms. The second-order valence-corrected chi connectivity index (χ2v) is 9.77. The summed E-state index contributed by atoms with van der Waals surface area (Å²) in [7, 11) is 1.50. The number of methoxy groups -OCH3 is 1. The van der Waals surface area contributed by atoms with Crippen LogP contribution < -0.4 is 15.0 Å². The van der Waals surface area contributed by atoms with Crippen LogP contribution in [0, 0.1) is 11.7 Å². The minimum atomic E-state index is -0.455. The number of nitrogens with one attached hydrogen (secondary N) is 1. The van der Waals surface area contributed by atoms with Crippen molar-refractivity contribution < 1.29 is 18.7 Å². The highest BCUT2D eigenvalue weighted by Gasteiger charge is 2.26. The van der Waals surface area contributed by atoms with Crippen molar-refractivity contribution in [3.63, 3.8) is 0 Å². The first kappa shape index (κ1) is 23.6. The molecule has 0 spiro atoms. The number of anilines is 1. The molecular weight excluding hydrogens is 397 g/mol. The van der Waals surface area contributed by atoms with Crippen molar-refractivity contribution in [2.45, 2.75) is 64.5 Å². The molecule has 1 amide bonds. The quantitative estimate of drug-likeness (QED) is 0.716. The topological polar surface area (TPSA) is 54.0 Å². The van der Waals surface area contributed by atoms with E-state index in [2.05, 4.69) is 15.1 Å². The van der Waals surface area contributed by atoms with Crippen LogP contribution in [0.3, 0.4) is 0 Å². The van der Waals surface area contributed by atoms with Crippen molar-refractivity contribution in [2.75, 3.05) is 44.7 Å². The van der Waals surface area contributed by atoms with Crippen molar-refractivity contribution >= 4 is 11.8 Å². The summed E-state index contributed by atoms with van der Waals surface area (Å²) in [4.78, 5) is 16.6. The third-order valence-corrected chi connectivity index (χ3v) is 6.30. The van der Waals surface area contributed by atoms with Gasteiger partial charge >= 0.3 is 6.09 Å². The molecule has 174 valence electrons. The zero-order valence-corrected chi connectivity index (χ0v) is 19.5. The fraction of sp³-hybridized carbons (Fsp3) is 0.708. The van der Waals surface area contributed by atoms with Crippen molar-refractivity contribution in [3.05, 3.63) is 24.0 Å². The molecule has 6 nitrogen and oxygen atoms in total. The second kappa shape index (κ2) is 10.5. The Morgan fingerprint density at radius 2 is 1.81 bits per heavy atom. The highest BCUT2D eigenvalue weighted by atomic mass is 19.1. The van der Waals surface area contributed by atoms with E-state index in [-0.39, 0.29) is 18.0 Å². The van der Waals surface area contributed by atoms with Gasteiger partial charge in [0, 0.05) is 32.2 Å². The van der Waals surface area contributed by atoms with Crippen molar-refractivity contribution in [1.29, 1.82) is 0 Å². The molecule has 7 heteroatoms. The SMILES string of the molecule is COc1cccc(N2CCN(CCC3CCC(NC(=O)OC(C)(C)C)CC3)CC2)c1F. The normalized spacial score (nSPS) is 22.8. The summed E-state index contributed by atoms with van der Waals surface area (Å²) in [6.07, 6.45) is 5.22. The summed E-state index contributed by atoms with van der Waals surface area (Å²) in [5.41, 5.74) is 0.179. The smallest absolute Gasteiger partial charge is 0.407 e. The predicted molar refractivity (Wildman–Crippen MR) is 121 cm³/mol. The summed E-state index contributed by atoms with van der Waals surface area (Å²) in [5.74, 6) is 0.748. The van der Waals surface area contributed by atoms with Crippen LogP contribution >= 0.6 is 0 Å². The molecule has 1 aromatic carbocycles. The van der Waals surface area contributed by atoms with E-state index < -0.39 is 5.60 Å². The number of carbonyl (C=O) groups excluding carboxylic acids is 1. The molecular formula is C24H38FN3O3. The number of ether oxygens (including phenoxy) is 2. The van der Waals surface area contributed by atoms with Gasteiger partial charge in [0.15, 0.2) is 11.6 Å². The van der Waals surface area contributed by atoms with Gasteiger partial charge in [-0.3, -0.25) is 4.90 Å². The molecule has 1 heterocycles. The van der Waals surface area contributed by atoms with E-state index in [0.29, 0.717) is 17.4 Å². The number of piperazine rings is 1. The van der Waals surface area contributed by atoms with E-state index >= 15 is 0 Å². The lowest BCUT2D eigenvalue weighted by molar-refractivity contribution is 0.0486. The fourth-order valence-electron chi connectivity index (χ4n) is 4.55. The summed E-state index contributed by atoms with van der Waals surface area (Å²) in [6, 6.07) is 5.56. The minimum absolute atomic E-state index is 0.229. The Labute approximate surface area is 186 Å². The van der Waals surface area contributed by atoms with Gasteiger partial charge in [-0.2, -0.15) is 0 Å². The first-order valence-electron chi connectivity index (χ1n) is 11.5. The van der Waals surface area contributed by atoms with E-state index in [0.717, 1.165) is 58.4 Å². The standard InChI is InChI=1S/C24H38FN3O3/c1-24(2,3)31-23(29)26-19-10-8-18(9-11-19)12-13-27-14-16-28(17-15-27)20-6-5-7-21(30-4)22(20)25/h5-7,18-19H,8-17H2,1-4H3,(H,26,29). The highest BCUT2D eigenvalue weighted by Crippen LogP contribution is 2.29. The van der Waals surface area contributed by atoms with Gasteiger partial charge in [-0.25, -0.2) is 9.18 Å². The van der Waals surface area contributed by atoms with Crippen LogP contribution in [-0.4, -0.2) is 62.5 Å². The van der Waals surface area contributed by atoms with E-state index in [1.165, 1.54) is 13.5 Å². The second-order valence-electron chi connectivity index (χ2n) is 9.77. The molecule has 0 radical (unpaired) electrons. The van der Waals surface area contributed by atoms with Gasteiger partial charge < -0.3 is 19.7 Å². The lowest BCUT2D eigenvalue weighted by Crippen LogP contribution is -2.47. The Morgan fingerprint density at radius 1 is 1.13 bits per heavy atom. The Bertz CT molecular complexity index is 721. The number of hydrogen-bond acceptors (Lipinski definition) is 5. The van der Waals surface area contributed by atoms with Gasteiger partial charge in [-0.1, -0.05) is 6.07 Å². The number of hydrogen-bond donors (Lipinski definition) is 1. The average molecular weight is 436 g/mol. The van der Waals surface area contributed by atoms with Crippen LogP contribution in [0.15, 0.2) is 18.2 Å². The Morgan fingerprint density at radius 3 is 2.42 bits per heavy atom. The predicted octanol–water partition coefficient (Wildman–Crippen LogP) is 4.43. The van der Waals surface area contributed by atoms with Gasteiger partial charge in [0.25, 0.3) is 0 Å². The number of carbonyl (C=O) groups is 1. The molecule has 0 bridgehead atoms. The molecule has 1 aromatic rings. The molecule has 1 aliphatic carbocycles. The summed E-state index contributed by atoms with van der Waals surface area (Å²) in [6.45, 7) is 10.3. The van der Waals surface area contributed by atoms with Crippen LogP contribution in [0.5, 0.6) is 5.75 Å². The molecule has 2 fully saturated rings. The molecule has 1 aliphatic heterocycles. The fourth-order valence-corrected chi connectivity index (χ4v) is 4.55. The van der Waals surface area contributed by atoms with E-state index in [9.17, 15) is 9.18 Å². The highest BCUT2D eigenvalue weighted by molar-refractivity contribution is 5.68. The Balaban J connectivity index is 1.35. The summed E-state index contributed by atoms with van der Waals surface area (Å²) in [5, 5.41) is 3.02. The molecule has 1 saturated heterocycles. The first-order valence-corrected chi connectivity index (χ1v) is 11.5. The van der Waals surface area contributed by atoms with E-state index in [4.69, 9.17) is 9.47 Å². The van der Waals surface area contributed by atoms with Crippen LogP contribution in [0.4, 0.5) is 14.9 Å². The van der Waals surface area contributed by atoms with Crippen molar-refractivity contribution in [2.24, 2.45) is 5.92 Å². The van der Waals surface area contributed by atoms with Gasteiger partial charge in [-0.05, 0) is 77.5 Å². The van der Waals surface area contributed by atoms with Gasteiger partial charge in [0.2, 0.25) is 0 Å². The third-order valence-electron chi connectivity index (χ3n) is 6.30. The van der Waals surface area contributed by atoms with Gasteiger partial charge in [0.05, 0.1) is 12.8 Å². The molecule has 3 rings (SSSR count). The molecule has 1 N–H and O–H groups in total.